The molecule has 0 unspecified atom stereocenters. The highest BCUT2D eigenvalue weighted by Crippen LogP contribution is 2.26. The lowest BCUT2D eigenvalue weighted by Crippen LogP contribution is -2.14. The van der Waals surface area contributed by atoms with Crippen LogP contribution in [0.2, 0.25) is 5.02 Å². The largest absolute Gasteiger partial charge is 0.484 e. The lowest BCUT2D eigenvalue weighted by atomic mass is 10.2. The zero-order valence-corrected chi connectivity index (χ0v) is 17.5. The van der Waals surface area contributed by atoms with Crippen LogP contribution < -0.4 is 10.1 Å². The van der Waals surface area contributed by atoms with Gasteiger partial charge in [-0.25, -0.2) is 0 Å². The first kappa shape index (κ1) is 20.2. The summed E-state index contributed by atoms with van der Waals surface area (Å²) >= 11 is 7.47. The second-order valence-corrected chi connectivity index (χ2v) is 7.74. The molecule has 0 aliphatic carbocycles. The van der Waals surface area contributed by atoms with E-state index in [2.05, 4.69) is 15.5 Å². The van der Waals surface area contributed by atoms with Crippen LogP contribution in [0.4, 0.5) is 5.69 Å². The molecule has 0 saturated carbocycles. The van der Waals surface area contributed by atoms with Crippen molar-refractivity contribution < 1.29 is 9.53 Å². The molecular weight excluding hydrogens is 396 g/mol. The summed E-state index contributed by atoms with van der Waals surface area (Å²) in [6.45, 7) is 4.20. The summed E-state index contributed by atoms with van der Waals surface area (Å²) < 4.78 is 7.58. The number of carbonyl (C=O) groups excluding carboxylic acids is 1. The molecule has 8 heteroatoms. The molecule has 0 radical (unpaired) electrons. The zero-order valence-electron chi connectivity index (χ0n) is 15.9. The molecular formula is C20H21ClN4O2S. The Bertz CT molecular complexity index is 990. The fourth-order valence-corrected chi connectivity index (χ4v) is 3.41. The van der Waals surface area contributed by atoms with Crippen LogP contribution >= 0.6 is 23.4 Å². The topological polar surface area (TPSA) is 69.0 Å². The molecule has 2 aromatic carbocycles. The van der Waals surface area contributed by atoms with Gasteiger partial charge < -0.3 is 14.6 Å². The SMILES string of the molecule is Cc1cccc(NC(=O)CSc2nnc(COc3cc(C)ccc3Cl)n2C)c1. The number of halogens is 1. The lowest BCUT2D eigenvalue weighted by Gasteiger charge is -2.09. The molecule has 146 valence electrons. The highest BCUT2D eigenvalue weighted by Gasteiger charge is 2.13. The normalized spacial score (nSPS) is 10.7. The Labute approximate surface area is 173 Å². The molecule has 0 bridgehead atoms. The number of amides is 1. The number of carbonyl (C=O) groups is 1. The summed E-state index contributed by atoms with van der Waals surface area (Å²) in [5, 5.41) is 12.4. The van der Waals surface area contributed by atoms with E-state index in [0.29, 0.717) is 21.8 Å². The van der Waals surface area contributed by atoms with Crippen LogP contribution in [0.5, 0.6) is 5.75 Å². The van der Waals surface area contributed by atoms with E-state index in [0.717, 1.165) is 16.8 Å². The molecule has 0 aliphatic rings. The summed E-state index contributed by atoms with van der Waals surface area (Å²) in [6.07, 6.45) is 0. The van der Waals surface area contributed by atoms with E-state index in [1.165, 1.54) is 11.8 Å². The van der Waals surface area contributed by atoms with E-state index in [9.17, 15) is 4.79 Å². The number of nitrogens with one attached hydrogen (secondary N) is 1. The van der Waals surface area contributed by atoms with Gasteiger partial charge in [0.15, 0.2) is 11.0 Å². The van der Waals surface area contributed by atoms with Gasteiger partial charge in [-0.3, -0.25) is 4.79 Å². The first-order chi connectivity index (χ1) is 13.4. The third kappa shape index (κ3) is 5.27. The molecule has 28 heavy (non-hydrogen) atoms. The molecule has 1 heterocycles. The van der Waals surface area contributed by atoms with Crippen LogP contribution in [-0.4, -0.2) is 26.4 Å². The number of nitrogens with zero attached hydrogens (tertiary/aromatic N) is 3. The van der Waals surface area contributed by atoms with Crippen molar-refractivity contribution in [2.45, 2.75) is 25.6 Å². The minimum atomic E-state index is -0.0945. The van der Waals surface area contributed by atoms with Crippen LogP contribution in [0.3, 0.4) is 0 Å². The summed E-state index contributed by atoms with van der Waals surface area (Å²) in [4.78, 5) is 12.2. The molecule has 1 aromatic heterocycles. The van der Waals surface area contributed by atoms with Gasteiger partial charge in [-0.05, 0) is 49.2 Å². The van der Waals surface area contributed by atoms with Crippen LogP contribution in [0.1, 0.15) is 17.0 Å². The number of aryl methyl sites for hydroxylation is 2. The molecule has 0 aliphatic heterocycles. The first-order valence-electron chi connectivity index (χ1n) is 8.69. The van der Waals surface area contributed by atoms with Gasteiger partial charge in [0.1, 0.15) is 12.4 Å². The smallest absolute Gasteiger partial charge is 0.234 e. The standard InChI is InChI=1S/C20H21ClN4O2S/c1-13-5-4-6-15(9-13)22-19(26)12-28-20-24-23-18(25(20)3)11-27-17-10-14(2)7-8-16(17)21/h4-10H,11-12H2,1-3H3,(H,22,26). The number of hydrogen-bond donors (Lipinski definition) is 1. The summed E-state index contributed by atoms with van der Waals surface area (Å²) in [7, 11) is 1.84. The van der Waals surface area contributed by atoms with Crippen LogP contribution in [0, 0.1) is 13.8 Å². The fraction of sp³-hybridized carbons (Fsp3) is 0.250. The Kier molecular flexibility index (Phi) is 6.59. The van der Waals surface area contributed by atoms with Gasteiger partial charge in [0, 0.05) is 12.7 Å². The minimum Gasteiger partial charge on any atom is -0.484 e. The van der Waals surface area contributed by atoms with Gasteiger partial charge in [0.25, 0.3) is 0 Å². The van der Waals surface area contributed by atoms with E-state index in [4.69, 9.17) is 16.3 Å². The number of hydrogen-bond acceptors (Lipinski definition) is 5. The highest BCUT2D eigenvalue weighted by molar-refractivity contribution is 7.99. The second kappa shape index (κ2) is 9.12. The van der Waals surface area contributed by atoms with E-state index in [-0.39, 0.29) is 18.3 Å². The summed E-state index contributed by atoms with van der Waals surface area (Å²) in [5.41, 5.74) is 2.94. The van der Waals surface area contributed by atoms with E-state index in [1.807, 2.05) is 61.9 Å². The van der Waals surface area contributed by atoms with Crippen LogP contribution in [-0.2, 0) is 18.4 Å². The minimum absolute atomic E-state index is 0.0945. The van der Waals surface area contributed by atoms with E-state index in [1.54, 1.807) is 6.07 Å². The Morgan fingerprint density at radius 1 is 1.18 bits per heavy atom. The molecule has 0 fully saturated rings. The predicted octanol–water partition coefficient (Wildman–Crippen LogP) is 4.40. The molecule has 0 spiro atoms. The van der Waals surface area contributed by atoms with Gasteiger partial charge in [-0.15, -0.1) is 10.2 Å². The van der Waals surface area contributed by atoms with E-state index >= 15 is 0 Å². The van der Waals surface area contributed by atoms with Gasteiger partial charge in [-0.2, -0.15) is 0 Å². The average molecular weight is 417 g/mol. The number of aromatic nitrogens is 3. The van der Waals surface area contributed by atoms with Crippen molar-refractivity contribution in [3.05, 3.63) is 64.4 Å². The van der Waals surface area contributed by atoms with Crippen molar-refractivity contribution in [2.75, 3.05) is 11.1 Å². The number of anilines is 1. The van der Waals surface area contributed by atoms with Gasteiger partial charge >= 0.3 is 0 Å². The van der Waals surface area contributed by atoms with Crippen molar-refractivity contribution in [2.24, 2.45) is 7.05 Å². The van der Waals surface area contributed by atoms with Gasteiger partial charge in [-0.1, -0.05) is 41.6 Å². The molecule has 0 saturated heterocycles. The molecule has 3 aromatic rings. The third-order valence-electron chi connectivity index (χ3n) is 4.00. The van der Waals surface area contributed by atoms with Crippen LogP contribution in [0.15, 0.2) is 47.6 Å². The van der Waals surface area contributed by atoms with Gasteiger partial charge in [0.2, 0.25) is 5.91 Å². The number of thioether (sulfide) groups is 1. The Morgan fingerprint density at radius 2 is 1.96 bits per heavy atom. The molecule has 6 nitrogen and oxygen atoms in total. The van der Waals surface area contributed by atoms with E-state index < -0.39 is 0 Å². The van der Waals surface area contributed by atoms with Crippen molar-refractivity contribution >= 4 is 35.0 Å². The highest BCUT2D eigenvalue weighted by atomic mass is 35.5. The van der Waals surface area contributed by atoms with Crippen molar-refractivity contribution in [1.29, 1.82) is 0 Å². The Hall–Kier alpha value is -2.51. The quantitative estimate of drug-likeness (QED) is 0.578. The zero-order chi connectivity index (χ0) is 20.1. The number of ether oxygens (including phenoxy) is 1. The van der Waals surface area contributed by atoms with Crippen molar-refractivity contribution in [3.8, 4) is 5.75 Å². The maximum atomic E-state index is 12.2. The Balaban J connectivity index is 1.55. The molecule has 0 atom stereocenters. The van der Waals surface area contributed by atoms with Crippen LogP contribution in [0.25, 0.3) is 0 Å². The summed E-state index contributed by atoms with van der Waals surface area (Å²) in [5.74, 6) is 1.41. The average Bonchev–Trinajstić information content (AvgIpc) is 3.00. The number of benzene rings is 2. The lowest BCUT2D eigenvalue weighted by molar-refractivity contribution is -0.113. The maximum absolute atomic E-state index is 12.2. The van der Waals surface area contributed by atoms with Crippen molar-refractivity contribution in [1.82, 2.24) is 14.8 Å². The summed E-state index contributed by atoms with van der Waals surface area (Å²) in [6, 6.07) is 13.3. The van der Waals surface area contributed by atoms with Gasteiger partial charge in [0.05, 0.1) is 10.8 Å². The molecule has 1 amide bonds. The second-order valence-electron chi connectivity index (χ2n) is 6.39. The monoisotopic (exact) mass is 416 g/mol. The predicted molar refractivity (Wildman–Crippen MR) is 112 cm³/mol. The third-order valence-corrected chi connectivity index (χ3v) is 5.34. The van der Waals surface area contributed by atoms with Crippen molar-refractivity contribution in [3.63, 3.8) is 0 Å². The molecule has 3 rings (SSSR count). The Morgan fingerprint density at radius 3 is 2.75 bits per heavy atom. The maximum Gasteiger partial charge on any atom is 0.234 e. The molecule has 1 N–H and O–H groups in total. The first-order valence-corrected chi connectivity index (χ1v) is 10.1. The number of rotatable bonds is 7. The fourth-order valence-electron chi connectivity index (χ4n) is 2.51.